The summed E-state index contributed by atoms with van der Waals surface area (Å²) < 4.78 is 0. The van der Waals surface area contributed by atoms with E-state index in [4.69, 9.17) is 0 Å². The van der Waals surface area contributed by atoms with Crippen molar-refractivity contribution in [2.75, 3.05) is 0 Å². The Balaban J connectivity index is 3.99. The van der Waals surface area contributed by atoms with Crippen molar-refractivity contribution in [2.24, 2.45) is 0 Å². The molecule has 0 aliphatic carbocycles. The summed E-state index contributed by atoms with van der Waals surface area (Å²) in [5.74, 6) is 0.365. The number of ketones is 1. The van der Waals surface area contributed by atoms with E-state index in [2.05, 4.69) is 58.9 Å². The lowest BCUT2D eigenvalue weighted by Crippen LogP contribution is -1.93. The fourth-order valence-electron chi connectivity index (χ4n) is 2.64. The van der Waals surface area contributed by atoms with E-state index < -0.39 is 0 Å². The number of hydrogen-bond acceptors (Lipinski definition) is 1. The van der Waals surface area contributed by atoms with E-state index >= 15 is 0 Å². The molecule has 1 nitrogen and oxygen atoms in total. The van der Waals surface area contributed by atoms with E-state index in [-0.39, 0.29) is 0 Å². The van der Waals surface area contributed by atoms with Gasteiger partial charge in [-0.3, -0.25) is 4.79 Å². The first-order valence-electron chi connectivity index (χ1n) is 9.97. The van der Waals surface area contributed by atoms with Crippen molar-refractivity contribution >= 4 is 5.78 Å². The molecule has 0 spiro atoms. The monoisotopic (exact) mass is 344 g/mol. The van der Waals surface area contributed by atoms with Gasteiger partial charge in [0, 0.05) is 12.8 Å². The van der Waals surface area contributed by atoms with Crippen LogP contribution in [-0.4, -0.2) is 5.78 Å². The highest BCUT2D eigenvalue weighted by Gasteiger charge is 1.97. The molecule has 25 heavy (non-hydrogen) atoms. The molecule has 142 valence electrons. The molecule has 0 heterocycles. The van der Waals surface area contributed by atoms with Gasteiger partial charge in [0.25, 0.3) is 0 Å². The lowest BCUT2D eigenvalue weighted by atomic mass is 10.0. The van der Waals surface area contributed by atoms with Gasteiger partial charge in [-0.05, 0) is 79.6 Å². The molecule has 0 radical (unpaired) electrons. The molecule has 0 N–H and O–H groups in total. The second kappa shape index (κ2) is 14.9. The predicted octanol–water partition coefficient (Wildman–Crippen LogP) is 7.89. The first-order valence-corrected chi connectivity index (χ1v) is 9.97. The third-order valence-corrected chi connectivity index (χ3v) is 4.46. The lowest BCUT2D eigenvalue weighted by Gasteiger charge is -2.03. The Labute approximate surface area is 157 Å². The van der Waals surface area contributed by atoms with Gasteiger partial charge < -0.3 is 0 Å². The lowest BCUT2D eigenvalue weighted by molar-refractivity contribution is -0.118. The molecule has 1 heteroatoms. The van der Waals surface area contributed by atoms with Crippen LogP contribution >= 0.6 is 0 Å². The zero-order valence-corrected chi connectivity index (χ0v) is 17.6. The van der Waals surface area contributed by atoms with Crippen LogP contribution in [0.2, 0.25) is 0 Å². The third kappa shape index (κ3) is 15.9. The Morgan fingerprint density at radius 3 is 1.32 bits per heavy atom. The van der Waals surface area contributed by atoms with Crippen molar-refractivity contribution < 1.29 is 4.79 Å². The van der Waals surface area contributed by atoms with Crippen molar-refractivity contribution in [1.29, 1.82) is 0 Å². The van der Waals surface area contributed by atoms with Crippen LogP contribution in [0, 0.1) is 0 Å². The maximum absolute atomic E-state index is 11.3. The smallest absolute Gasteiger partial charge is 0.132 e. The van der Waals surface area contributed by atoms with Crippen LogP contribution in [-0.2, 0) is 4.79 Å². The summed E-state index contributed by atoms with van der Waals surface area (Å²) in [5.41, 5.74) is 5.81. The zero-order valence-electron chi connectivity index (χ0n) is 17.6. The molecule has 0 saturated carbocycles. The molecule has 0 atom stereocenters. The van der Waals surface area contributed by atoms with Gasteiger partial charge in [-0.25, -0.2) is 0 Å². The standard InChI is InChI=1S/C24H40O/c1-7-24(25)19-11-18-23(6)17-10-16-22(5)15-9-14-21(4)13-8-12-20(2)3/h12,14,16,18H,7-11,13,15,17,19H2,1-6H3/b21-14+,22-16+,23-18+. The molecule has 0 amide bonds. The normalized spacial score (nSPS) is 13.1. The molecule has 0 rings (SSSR count). The van der Waals surface area contributed by atoms with E-state index in [9.17, 15) is 4.79 Å². The maximum Gasteiger partial charge on any atom is 0.132 e. The highest BCUT2D eigenvalue weighted by Crippen LogP contribution is 2.14. The topological polar surface area (TPSA) is 17.1 Å². The Morgan fingerprint density at radius 2 is 0.960 bits per heavy atom. The molecule has 0 aromatic rings. The van der Waals surface area contributed by atoms with E-state index in [1.165, 1.54) is 28.7 Å². The van der Waals surface area contributed by atoms with Crippen LogP contribution < -0.4 is 0 Å². The van der Waals surface area contributed by atoms with E-state index in [0.29, 0.717) is 18.6 Å². The van der Waals surface area contributed by atoms with Crippen molar-refractivity contribution in [3.8, 4) is 0 Å². The fraction of sp³-hybridized carbons (Fsp3) is 0.625. The van der Waals surface area contributed by atoms with Crippen LogP contribution in [0.15, 0.2) is 46.6 Å². The van der Waals surface area contributed by atoms with Crippen molar-refractivity contribution in [2.45, 2.75) is 99.3 Å². The van der Waals surface area contributed by atoms with Gasteiger partial charge >= 0.3 is 0 Å². The number of carbonyl (C=O) groups excluding carboxylic acids is 1. The number of allylic oxidation sites excluding steroid dienone is 8. The maximum atomic E-state index is 11.3. The second-order valence-electron chi connectivity index (χ2n) is 7.48. The van der Waals surface area contributed by atoms with Crippen LogP contribution in [0.5, 0.6) is 0 Å². The second-order valence-corrected chi connectivity index (χ2v) is 7.48. The van der Waals surface area contributed by atoms with Crippen molar-refractivity contribution in [3.63, 3.8) is 0 Å². The van der Waals surface area contributed by atoms with Gasteiger partial charge in [0.15, 0.2) is 0 Å². The van der Waals surface area contributed by atoms with Crippen LogP contribution in [0.3, 0.4) is 0 Å². The minimum atomic E-state index is 0.365. The summed E-state index contributed by atoms with van der Waals surface area (Å²) in [6.07, 6.45) is 18.4. The summed E-state index contributed by atoms with van der Waals surface area (Å²) in [6.45, 7) is 12.9. The molecule has 0 aliphatic rings. The molecular formula is C24H40O. The Kier molecular flexibility index (Phi) is 14.1. The van der Waals surface area contributed by atoms with Gasteiger partial charge in [0.2, 0.25) is 0 Å². The van der Waals surface area contributed by atoms with E-state index in [0.717, 1.165) is 38.5 Å². The zero-order chi connectivity index (χ0) is 19.1. The van der Waals surface area contributed by atoms with E-state index in [1.54, 1.807) is 0 Å². The Morgan fingerprint density at radius 1 is 0.600 bits per heavy atom. The Hall–Kier alpha value is -1.37. The van der Waals surface area contributed by atoms with Gasteiger partial charge in [0.05, 0.1) is 0 Å². The highest BCUT2D eigenvalue weighted by molar-refractivity contribution is 5.78. The molecule has 0 saturated heterocycles. The van der Waals surface area contributed by atoms with Crippen LogP contribution in [0.25, 0.3) is 0 Å². The number of carbonyl (C=O) groups is 1. The first kappa shape index (κ1) is 23.6. The largest absolute Gasteiger partial charge is 0.300 e. The number of Topliss-reactive ketones (excluding diaryl/α,β-unsaturated/α-hetero) is 1. The molecule has 0 bridgehead atoms. The van der Waals surface area contributed by atoms with Gasteiger partial charge in [-0.1, -0.05) is 53.5 Å². The minimum absolute atomic E-state index is 0.365. The van der Waals surface area contributed by atoms with Crippen molar-refractivity contribution in [3.05, 3.63) is 46.6 Å². The quantitative estimate of drug-likeness (QED) is 0.310. The van der Waals surface area contributed by atoms with Crippen LogP contribution in [0.1, 0.15) is 99.3 Å². The number of hydrogen-bond donors (Lipinski definition) is 0. The summed E-state index contributed by atoms with van der Waals surface area (Å²) >= 11 is 0. The van der Waals surface area contributed by atoms with Crippen molar-refractivity contribution in [1.82, 2.24) is 0 Å². The van der Waals surface area contributed by atoms with Gasteiger partial charge in [0.1, 0.15) is 5.78 Å². The summed E-state index contributed by atoms with van der Waals surface area (Å²) in [5, 5.41) is 0. The van der Waals surface area contributed by atoms with Gasteiger partial charge in [-0.2, -0.15) is 0 Å². The average Bonchev–Trinajstić information content (AvgIpc) is 2.54. The molecule has 0 aliphatic heterocycles. The Bertz CT molecular complexity index is 496. The summed E-state index contributed by atoms with van der Waals surface area (Å²) in [4.78, 5) is 11.3. The highest BCUT2D eigenvalue weighted by atomic mass is 16.1. The molecule has 0 aromatic carbocycles. The molecule has 0 aromatic heterocycles. The SMILES string of the molecule is CCC(=O)CC/C=C(\C)CC/C=C(\C)CC/C=C(\C)CCC=C(C)C. The summed E-state index contributed by atoms with van der Waals surface area (Å²) in [6, 6.07) is 0. The predicted molar refractivity (Wildman–Crippen MR) is 113 cm³/mol. The number of rotatable bonds is 13. The molecular weight excluding hydrogens is 304 g/mol. The molecule has 0 unspecified atom stereocenters. The third-order valence-electron chi connectivity index (χ3n) is 4.46. The minimum Gasteiger partial charge on any atom is -0.300 e. The first-order chi connectivity index (χ1) is 11.8. The average molecular weight is 345 g/mol. The van der Waals surface area contributed by atoms with Gasteiger partial charge in [-0.15, -0.1) is 0 Å². The van der Waals surface area contributed by atoms with Crippen LogP contribution in [0.4, 0.5) is 0 Å². The van der Waals surface area contributed by atoms with E-state index in [1.807, 2.05) is 6.92 Å². The fourth-order valence-corrected chi connectivity index (χ4v) is 2.64. The summed E-state index contributed by atoms with van der Waals surface area (Å²) in [7, 11) is 0. The molecule has 0 fully saturated rings.